The van der Waals surface area contributed by atoms with Crippen LogP contribution in [0.1, 0.15) is 39.8 Å². The molecule has 1 aromatic heterocycles. The van der Waals surface area contributed by atoms with E-state index < -0.39 is 0 Å². The Labute approximate surface area is 217 Å². The van der Waals surface area contributed by atoms with Gasteiger partial charge in [-0.2, -0.15) is 0 Å². The van der Waals surface area contributed by atoms with Crippen molar-refractivity contribution in [2.75, 3.05) is 25.5 Å². The summed E-state index contributed by atoms with van der Waals surface area (Å²) in [5.41, 5.74) is 6.01. The smallest absolute Gasteiger partial charge is 0.259 e. The predicted molar refractivity (Wildman–Crippen MR) is 147 cm³/mol. The highest BCUT2D eigenvalue weighted by atomic mass is 35.5. The Morgan fingerprint density at radius 3 is 2.19 bits per heavy atom. The SMILES string of the molecule is Cc1nc2c(c(=O)n1C(c1ccccc1)c1ccccc1)CN(Cc1ccc(N(C)C)cc1Cl)CC2. The van der Waals surface area contributed by atoms with Gasteiger partial charge in [0.05, 0.1) is 17.3 Å². The first-order valence-electron chi connectivity index (χ1n) is 12.3. The maximum atomic E-state index is 14.1. The van der Waals surface area contributed by atoms with Crippen LogP contribution in [0, 0.1) is 6.92 Å². The van der Waals surface area contributed by atoms with Gasteiger partial charge in [0, 0.05) is 50.9 Å². The Hall–Kier alpha value is -3.41. The molecule has 1 aliphatic heterocycles. The first-order valence-corrected chi connectivity index (χ1v) is 12.7. The monoisotopic (exact) mass is 498 g/mol. The van der Waals surface area contributed by atoms with Crippen molar-refractivity contribution in [3.8, 4) is 0 Å². The maximum Gasteiger partial charge on any atom is 0.259 e. The van der Waals surface area contributed by atoms with E-state index in [4.69, 9.17) is 16.6 Å². The Morgan fingerprint density at radius 1 is 0.972 bits per heavy atom. The lowest BCUT2D eigenvalue weighted by Gasteiger charge is -2.30. The van der Waals surface area contributed by atoms with Crippen LogP contribution >= 0.6 is 11.6 Å². The van der Waals surface area contributed by atoms with Crippen LogP contribution in [-0.2, 0) is 19.5 Å². The predicted octanol–water partition coefficient (Wildman–Crippen LogP) is 5.47. The van der Waals surface area contributed by atoms with Gasteiger partial charge >= 0.3 is 0 Å². The van der Waals surface area contributed by atoms with E-state index in [9.17, 15) is 4.79 Å². The number of aromatic nitrogens is 2. The highest BCUT2D eigenvalue weighted by Crippen LogP contribution is 2.29. The van der Waals surface area contributed by atoms with Gasteiger partial charge in [-0.05, 0) is 35.7 Å². The van der Waals surface area contributed by atoms with Crippen LogP contribution < -0.4 is 10.5 Å². The van der Waals surface area contributed by atoms with Crippen LogP contribution in [-0.4, -0.2) is 35.1 Å². The van der Waals surface area contributed by atoms with Crippen molar-refractivity contribution in [1.29, 1.82) is 0 Å². The molecule has 0 N–H and O–H groups in total. The van der Waals surface area contributed by atoms with Crippen molar-refractivity contribution in [3.63, 3.8) is 0 Å². The number of benzene rings is 3. The third-order valence-electron chi connectivity index (χ3n) is 6.95. The van der Waals surface area contributed by atoms with E-state index in [1.165, 1.54) is 0 Å². The molecule has 2 heterocycles. The lowest BCUT2D eigenvalue weighted by atomic mass is 9.97. The van der Waals surface area contributed by atoms with Gasteiger partial charge in [0.2, 0.25) is 0 Å². The number of hydrogen-bond donors (Lipinski definition) is 0. The molecule has 6 heteroatoms. The van der Waals surface area contributed by atoms with Crippen LogP contribution in [0.15, 0.2) is 83.7 Å². The summed E-state index contributed by atoms with van der Waals surface area (Å²) in [6.07, 6.45) is 0.751. The largest absolute Gasteiger partial charge is 0.378 e. The summed E-state index contributed by atoms with van der Waals surface area (Å²) in [6.45, 7) is 4.04. The minimum atomic E-state index is -0.235. The van der Waals surface area contributed by atoms with Crippen LogP contribution in [0.3, 0.4) is 0 Å². The molecule has 184 valence electrons. The summed E-state index contributed by atoms with van der Waals surface area (Å²) in [4.78, 5) is 23.3. The molecule has 0 saturated carbocycles. The minimum absolute atomic E-state index is 0.0361. The molecule has 3 aromatic carbocycles. The summed E-state index contributed by atoms with van der Waals surface area (Å²) >= 11 is 6.62. The highest BCUT2D eigenvalue weighted by molar-refractivity contribution is 6.31. The fourth-order valence-corrected chi connectivity index (χ4v) is 5.28. The lowest BCUT2D eigenvalue weighted by molar-refractivity contribution is 0.240. The first-order chi connectivity index (χ1) is 17.4. The topological polar surface area (TPSA) is 41.4 Å². The van der Waals surface area contributed by atoms with E-state index in [-0.39, 0.29) is 11.6 Å². The van der Waals surface area contributed by atoms with Crippen LogP contribution in [0.25, 0.3) is 0 Å². The molecular weight excluding hydrogens is 468 g/mol. The van der Waals surface area contributed by atoms with Crippen molar-refractivity contribution in [2.45, 2.75) is 32.5 Å². The van der Waals surface area contributed by atoms with Crippen LogP contribution in [0.4, 0.5) is 5.69 Å². The number of halogens is 1. The molecule has 0 amide bonds. The fourth-order valence-electron chi connectivity index (χ4n) is 5.05. The average molecular weight is 499 g/mol. The van der Waals surface area contributed by atoms with E-state index in [0.717, 1.165) is 57.4 Å². The summed E-state index contributed by atoms with van der Waals surface area (Å²) in [6, 6.07) is 26.3. The molecule has 36 heavy (non-hydrogen) atoms. The summed E-state index contributed by atoms with van der Waals surface area (Å²) in [7, 11) is 4.01. The first kappa shape index (κ1) is 24.3. The van der Waals surface area contributed by atoms with Gasteiger partial charge in [0.25, 0.3) is 5.56 Å². The zero-order valence-electron chi connectivity index (χ0n) is 21.0. The summed E-state index contributed by atoms with van der Waals surface area (Å²) in [5, 5.41) is 0.750. The second kappa shape index (κ2) is 10.3. The number of fused-ring (bicyclic) bond motifs is 1. The fraction of sp³-hybridized carbons (Fsp3) is 0.267. The molecule has 4 aromatic rings. The molecule has 0 bridgehead atoms. The summed E-state index contributed by atoms with van der Waals surface area (Å²) < 4.78 is 1.87. The molecule has 5 rings (SSSR count). The molecule has 0 aliphatic carbocycles. The number of nitrogens with zero attached hydrogens (tertiary/aromatic N) is 4. The van der Waals surface area contributed by atoms with Crippen molar-refractivity contribution in [3.05, 3.63) is 128 Å². The summed E-state index contributed by atoms with van der Waals surface area (Å²) in [5.74, 6) is 0.743. The molecule has 0 fully saturated rings. The van der Waals surface area contributed by atoms with Gasteiger partial charge in [-0.3, -0.25) is 14.3 Å². The van der Waals surface area contributed by atoms with E-state index in [2.05, 4.69) is 41.3 Å². The number of aryl methyl sites for hydroxylation is 1. The second-order valence-electron chi connectivity index (χ2n) is 9.61. The zero-order chi connectivity index (χ0) is 25.2. The lowest BCUT2D eigenvalue weighted by Crippen LogP contribution is -2.40. The number of rotatable bonds is 6. The molecule has 1 aliphatic rings. The number of anilines is 1. The highest BCUT2D eigenvalue weighted by Gasteiger charge is 2.27. The van der Waals surface area contributed by atoms with Crippen molar-refractivity contribution in [1.82, 2.24) is 14.5 Å². The third-order valence-corrected chi connectivity index (χ3v) is 7.30. The Kier molecular flexibility index (Phi) is 6.95. The second-order valence-corrected chi connectivity index (χ2v) is 10.0. The van der Waals surface area contributed by atoms with Crippen LogP contribution in [0.5, 0.6) is 0 Å². The maximum absolute atomic E-state index is 14.1. The Balaban J connectivity index is 1.51. The van der Waals surface area contributed by atoms with Gasteiger partial charge in [0.15, 0.2) is 0 Å². The van der Waals surface area contributed by atoms with Gasteiger partial charge in [-0.25, -0.2) is 4.98 Å². The van der Waals surface area contributed by atoms with Gasteiger partial charge in [-0.15, -0.1) is 0 Å². The van der Waals surface area contributed by atoms with Crippen LogP contribution in [0.2, 0.25) is 5.02 Å². The van der Waals surface area contributed by atoms with Gasteiger partial charge in [-0.1, -0.05) is 78.3 Å². The quantitative estimate of drug-likeness (QED) is 0.353. The van der Waals surface area contributed by atoms with Crippen molar-refractivity contribution >= 4 is 17.3 Å². The minimum Gasteiger partial charge on any atom is -0.378 e. The standard InChI is InChI=1S/C30H31ClN4O/c1-21-32-28-16-17-34(19-24-14-15-25(33(2)3)18-27(24)31)20-26(28)30(36)35(21)29(22-10-6-4-7-11-22)23-12-8-5-9-13-23/h4-15,18,29H,16-17,19-20H2,1-3H3. The normalized spacial score (nSPS) is 13.6. The molecule has 0 radical (unpaired) electrons. The molecule has 0 unspecified atom stereocenters. The third kappa shape index (κ3) is 4.81. The zero-order valence-corrected chi connectivity index (χ0v) is 21.7. The number of hydrogen-bond acceptors (Lipinski definition) is 4. The van der Waals surface area contributed by atoms with E-state index in [0.29, 0.717) is 13.1 Å². The van der Waals surface area contributed by atoms with Crippen molar-refractivity contribution < 1.29 is 0 Å². The van der Waals surface area contributed by atoms with E-state index in [1.54, 1.807) is 0 Å². The molecular formula is C30H31ClN4O. The Morgan fingerprint density at radius 2 is 1.61 bits per heavy atom. The Bertz CT molecular complexity index is 1380. The average Bonchev–Trinajstić information content (AvgIpc) is 2.89. The molecule has 5 nitrogen and oxygen atoms in total. The van der Waals surface area contributed by atoms with Gasteiger partial charge < -0.3 is 4.90 Å². The van der Waals surface area contributed by atoms with E-state index in [1.807, 2.05) is 73.0 Å². The van der Waals surface area contributed by atoms with E-state index >= 15 is 0 Å². The molecule has 0 spiro atoms. The molecule has 0 atom stereocenters. The molecule has 0 saturated heterocycles. The van der Waals surface area contributed by atoms with Gasteiger partial charge in [0.1, 0.15) is 5.82 Å². The van der Waals surface area contributed by atoms with Crippen molar-refractivity contribution in [2.24, 2.45) is 0 Å².